The molecule has 0 spiro atoms. The maximum Gasteiger partial charge on any atom is 0.274 e. The molecular weight excluding hydrogens is 267 g/mol. The lowest BCUT2D eigenvalue weighted by atomic mass is 10.3. The normalized spacial score (nSPS) is 10.1. The van der Waals surface area contributed by atoms with E-state index in [2.05, 4.69) is 9.97 Å². The molecule has 2 aromatic heterocycles. The SMILES string of the molecule is CC(=O)N(c1cc([N+](=O)[O-])ccn1)c1ccncc1F. The Kier molecular flexibility index (Phi) is 3.65. The van der Waals surface area contributed by atoms with Crippen molar-refractivity contribution in [3.8, 4) is 0 Å². The van der Waals surface area contributed by atoms with E-state index < -0.39 is 16.6 Å². The van der Waals surface area contributed by atoms with Gasteiger partial charge in [-0.2, -0.15) is 0 Å². The number of hydrogen-bond donors (Lipinski definition) is 0. The summed E-state index contributed by atoms with van der Waals surface area (Å²) in [7, 11) is 0. The minimum Gasteiger partial charge on any atom is -0.274 e. The lowest BCUT2D eigenvalue weighted by Gasteiger charge is -2.20. The Balaban J connectivity index is 2.55. The molecule has 2 heterocycles. The number of nitrogens with zero attached hydrogens (tertiary/aromatic N) is 4. The van der Waals surface area contributed by atoms with Crippen molar-refractivity contribution in [3.63, 3.8) is 0 Å². The maximum atomic E-state index is 13.7. The highest BCUT2D eigenvalue weighted by atomic mass is 19.1. The van der Waals surface area contributed by atoms with Crippen LogP contribution in [0.5, 0.6) is 0 Å². The molecular formula is C12H9FN4O3. The quantitative estimate of drug-likeness (QED) is 0.633. The van der Waals surface area contributed by atoms with Crippen molar-refractivity contribution in [2.24, 2.45) is 0 Å². The highest BCUT2D eigenvalue weighted by Gasteiger charge is 2.21. The second-order valence-electron chi connectivity index (χ2n) is 3.81. The van der Waals surface area contributed by atoms with Crippen LogP contribution in [0.1, 0.15) is 6.92 Å². The summed E-state index contributed by atoms with van der Waals surface area (Å²) in [6, 6.07) is 3.57. The van der Waals surface area contributed by atoms with Gasteiger partial charge in [-0.25, -0.2) is 9.37 Å². The van der Waals surface area contributed by atoms with Crippen LogP contribution >= 0.6 is 0 Å². The molecule has 0 bridgehead atoms. The molecule has 0 radical (unpaired) electrons. The molecule has 0 saturated carbocycles. The Hall–Kier alpha value is -2.90. The largest absolute Gasteiger partial charge is 0.274 e. The lowest BCUT2D eigenvalue weighted by molar-refractivity contribution is -0.384. The fourth-order valence-corrected chi connectivity index (χ4v) is 1.65. The summed E-state index contributed by atoms with van der Waals surface area (Å²) >= 11 is 0. The van der Waals surface area contributed by atoms with Gasteiger partial charge in [0.2, 0.25) is 5.91 Å². The first-order valence-electron chi connectivity index (χ1n) is 5.51. The molecule has 7 nitrogen and oxygen atoms in total. The first-order chi connectivity index (χ1) is 9.50. The number of carbonyl (C=O) groups is 1. The Morgan fingerprint density at radius 1 is 1.40 bits per heavy atom. The number of rotatable bonds is 3. The fourth-order valence-electron chi connectivity index (χ4n) is 1.65. The van der Waals surface area contributed by atoms with E-state index in [1.54, 1.807) is 0 Å². The number of anilines is 2. The van der Waals surface area contributed by atoms with Gasteiger partial charge in [0.1, 0.15) is 5.82 Å². The maximum absolute atomic E-state index is 13.7. The number of hydrogen-bond acceptors (Lipinski definition) is 5. The van der Waals surface area contributed by atoms with Crippen molar-refractivity contribution in [2.45, 2.75) is 6.92 Å². The van der Waals surface area contributed by atoms with Crippen molar-refractivity contribution in [1.82, 2.24) is 9.97 Å². The third kappa shape index (κ3) is 2.58. The number of nitro groups is 1. The average Bonchev–Trinajstić information content (AvgIpc) is 2.41. The predicted molar refractivity (Wildman–Crippen MR) is 67.9 cm³/mol. The Morgan fingerprint density at radius 2 is 2.15 bits per heavy atom. The minimum atomic E-state index is -0.726. The molecule has 8 heteroatoms. The van der Waals surface area contributed by atoms with Crippen molar-refractivity contribution in [3.05, 3.63) is 52.7 Å². The molecule has 2 aromatic rings. The molecule has 0 aliphatic rings. The average molecular weight is 276 g/mol. The van der Waals surface area contributed by atoms with Crippen molar-refractivity contribution in [2.75, 3.05) is 4.90 Å². The van der Waals surface area contributed by atoms with Crippen LogP contribution in [0.3, 0.4) is 0 Å². The summed E-state index contributed by atoms with van der Waals surface area (Å²) in [6.45, 7) is 1.21. The molecule has 0 N–H and O–H groups in total. The van der Waals surface area contributed by atoms with Crippen LogP contribution in [0, 0.1) is 15.9 Å². The Morgan fingerprint density at radius 3 is 2.75 bits per heavy atom. The van der Waals surface area contributed by atoms with E-state index in [0.717, 1.165) is 17.2 Å². The van der Waals surface area contributed by atoms with E-state index >= 15 is 0 Å². The molecule has 0 aliphatic heterocycles. The molecule has 0 saturated heterocycles. The summed E-state index contributed by atoms with van der Waals surface area (Å²) in [5.41, 5.74) is -0.309. The van der Waals surface area contributed by atoms with E-state index in [0.29, 0.717) is 0 Å². The Bertz CT molecular complexity index is 677. The van der Waals surface area contributed by atoms with Crippen LogP contribution in [0.4, 0.5) is 21.6 Å². The number of aromatic nitrogens is 2. The molecule has 0 fully saturated rings. The monoisotopic (exact) mass is 276 g/mol. The van der Waals surface area contributed by atoms with Gasteiger partial charge in [0.15, 0.2) is 5.82 Å². The smallest absolute Gasteiger partial charge is 0.274 e. The van der Waals surface area contributed by atoms with Gasteiger partial charge in [-0.3, -0.25) is 24.8 Å². The summed E-state index contributed by atoms with van der Waals surface area (Å²) < 4.78 is 13.7. The zero-order chi connectivity index (χ0) is 14.7. The van der Waals surface area contributed by atoms with Gasteiger partial charge < -0.3 is 0 Å². The second kappa shape index (κ2) is 5.39. The van der Waals surface area contributed by atoms with Crippen molar-refractivity contribution >= 4 is 23.1 Å². The highest BCUT2D eigenvalue weighted by molar-refractivity contribution is 5.98. The van der Waals surface area contributed by atoms with Crippen LogP contribution in [0.25, 0.3) is 0 Å². The summed E-state index contributed by atoms with van der Waals surface area (Å²) in [4.78, 5) is 30.2. The van der Waals surface area contributed by atoms with Gasteiger partial charge in [0, 0.05) is 25.4 Å². The number of carbonyl (C=O) groups excluding carboxylic acids is 1. The van der Waals surface area contributed by atoms with E-state index in [9.17, 15) is 19.3 Å². The van der Waals surface area contributed by atoms with E-state index in [1.165, 1.54) is 31.5 Å². The molecule has 1 amide bonds. The summed E-state index contributed by atoms with van der Waals surface area (Å²) in [5, 5.41) is 10.7. The van der Waals surface area contributed by atoms with Crippen molar-refractivity contribution in [1.29, 1.82) is 0 Å². The van der Waals surface area contributed by atoms with Gasteiger partial charge >= 0.3 is 0 Å². The minimum absolute atomic E-state index is 0.0307. The van der Waals surface area contributed by atoms with Gasteiger partial charge in [0.05, 0.1) is 22.9 Å². The zero-order valence-corrected chi connectivity index (χ0v) is 10.4. The standard InChI is InChI=1S/C12H9FN4O3/c1-8(18)16(11-3-4-14-7-10(11)13)12-6-9(17(19)20)2-5-15-12/h2-7H,1H3. The third-order valence-electron chi connectivity index (χ3n) is 2.48. The number of amides is 1. The first kappa shape index (κ1) is 13.5. The van der Waals surface area contributed by atoms with Crippen LogP contribution in [-0.2, 0) is 4.79 Å². The topological polar surface area (TPSA) is 89.2 Å². The van der Waals surface area contributed by atoms with Gasteiger partial charge in [-0.15, -0.1) is 0 Å². The third-order valence-corrected chi connectivity index (χ3v) is 2.48. The molecule has 102 valence electrons. The van der Waals surface area contributed by atoms with E-state index in [4.69, 9.17) is 0 Å². The summed E-state index contributed by atoms with van der Waals surface area (Å²) in [5.74, 6) is -1.28. The molecule has 0 unspecified atom stereocenters. The molecule has 0 aromatic carbocycles. The van der Waals surface area contributed by atoms with Gasteiger partial charge in [0.25, 0.3) is 5.69 Å². The van der Waals surface area contributed by atoms with Crippen molar-refractivity contribution < 1.29 is 14.1 Å². The van der Waals surface area contributed by atoms with Crippen LogP contribution in [-0.4, -0.2) is 20.8 Å². The number of pyridine rings is 2. The Labute approximate surface area is 112 Å². The highest BCUT2D eigenvalue weighted by Crippen LogP contribution is 2.27. The molecule has 0 atom stereocenters. The van der Waals surface area contributed by atoms with Crippen LogP contribution in [0.2, 0.25) is 0 Å². The molecule has 20 heavy (non-hydrogen) atoms. The first-order valence-corrected chi connectivity index (χ1v) is 5.51. The number of halogens is 1. The second-order valence-corrected chi connectivity index (χ2v) is 3.81. The van der Waals surface area contributed by atoms with E-state index in [-0.39, 0.29) is 17.2 Å². The lowest BCUT2D eigenvalue weighted by Crippen LogP contribution is -2.24. The van der Waals surface area contributed by atoms with Crippen LogP contribution < -0.4 is 4.90 Å². The van der Waals surface area contributed by atoms with Gasteiger partial charge in [-0.05, 0) is 6.07 Å². The van der Waals surface area contributed by atoms with Gasteiger partial charge in [-0.1, -0.05) is 0 Å². The molecule has 0 aliphatic carbocycles. The fraction of sp³-hybridized carbons (Fsp3) is 0.0833. The van der Waals surface area contributed by atoms with Crippen LogP contribution in [0.15, 0.2) is 36.8 Å². The zero-order valence-electron chi connectivity index (χ0n) is 10.4. The summed E-state index contributed by atoms with van der Waals surface area (Å²) in [6.07, 6.45) is 3.44. The molecule has 2 rings (SSSR count). The van der Waals surface area contributed by atoms with E-state index in [1.807, 2.05) is 0 Å². The predicted octanol–water partition coefficient (Wildman–Crippen LogP) is 2.21.